The molecule has 5 aromatic carbocycles. The third kappa shape index (κ3) is 24.9. The van der Waals surface area contributed by atoms with E-state index in [9.17, 15) is 25.5 Å². The Morgan fingerprint density at radius 1 is 0.391 bits per heavy atom. The van der Waals surface area contributed by atoms with Crippen molar-refractivity contribution in [3.05, 3.63) is 119 Å². The topological polar surface area (TPSA) is 227 Å². The summed E-state index contributed by atoms with van der Waals surface area (Å²) >= 11 is 0. The lowest BCUT2D eigenvalue weighted by Gasteiger charge is -2.38. The Morgan fingerprint density at radius 3 is 0.913 bits per heavy atom. The number of aliphatic imine (C=N–C) groups is 4. The number of rotatable bonds is 34. The summed E-state index contributed by atoms with van der Waals surface area (Å²) in [5.74, 6) is 2.89. The number of benzene rings is 5. The summed E-state index contributed by atoms with van der Waals surface area (Å²) in [5.41, 5.74) is 2.81. The van der Waals surface area contributed by atoms with Crippen molar-refractivity contribution in [2.24, 2.45) is 41.6 Å². The average molecular weight is 1270 g/mol. The molecule has 0 atom stereocenters. The molecule has 506 valence electrons. The lowest BCUT2D eigenvalue weighted by atomic mass is 9.91. The van der Waals surface area contributed by atoms with Crippen molar-refractivity contribution >= 4 is 24.9 Å². The minimum absolute atomic E-state index is 0.00813. The Hall–Kier alpha value is -7.38. The van der Waals surface area contributed by atoms with Gasteiger partial charge in [0.2, 0.25) is 0 Å². The first-order valence-electron chi connectivity index (χ1n) is 32.6. The van der Waals surface area contributed by atoms with Crippen molar-refractivity contribution < 1.29 is 49.2 Å². The average Bonchev–Trinajstić information content (AvgIpc) is 1.51. The second-order valence-electron chi connectivity index (χ2n) is 28.5. The van der Waals surface area contributed by atoms with Gasteiger partial charge in [-0.25, -0.2) is 0 Å². The van der Waals surface area contributed by atoms with Crippen molar-refractivity contribution in [2.75, 3.05) is 78.5 Å². The molecule has 92 heavy (non-hydrogen) atoms. The molecule has 5 aromatic rings. The van der Waals surface area contributed by atoms with Gasteiger partial charge in [-0.05, 0) is 145 Å². The molecule has 0 bridgehead atoms. The van der Waals surface area contributed by atoms with Crippen LogP contribution < -0.4 is 34.3 Å². The first-order chi connectivity index (χ1) is 43.3. The molecule has 0 saturated carbocycles. The summed E-state index contributed by atoms with van der Waals surface area (Å²) in [7, 11) is 0. The second kappa shape index (κ2) is 35.0. The van der Waals surface area contributed by atoms with Crippen molar-refractivity contribution in [3.63, 3.8) is 0 Å². The van der Waals surface area contributed by atoms with Crippen molar-refractivity contribution in [1.29, 1.82) is 0 Å². The minimum atomic E-state index is -0.232. The van der Waals surface area contributed by atoms with E-state index in [0.717, 1.165) is 57.9 Å². The van der Waals surface area contributed by atoms with Gasteiger partial charge in [0.1, 0.15) is 0 Å². The van der Waals surface area contributed by atoms with Gasteiger partial charge in [0, 0.05) is 131 Å². The smallest absolute Gasteiger partial charge is 0.166 e. The number of phenols is 5. The highest BCUT2D eigenvalue weighted by molar-refractivity contribution is 5.86. The Bertz CT molecular complexity index is 3020. The predicted octanol–water partition coefficient (Wildman–Crippen LogP) is 13.5. The zero-order valence-electron chi connectivity index (χ0n) is 58.4. The third-order valence-electron chi connectivity index (χ3n) is 14.6. The largest absolute Gasteiger partial charge is 0.504 e. The van der Waals surface area contributed by atoms with E-state index < -0.39 is 0 Å². The maximum absolute atomic E-state index is 11.6. The van der Waals surface area contributed by atoms with E-state index in [1.165, 1.54) is 0 Å². The molecule has 1 aliphatic heterocycles. The fourth-order valence-electron chi connectivity index (χ4n) is 10.4. The fraction of sp³-hybridized carbons (Fsp3) is 0.541. The zero-order valence-corrected chi connectivity index (χ0v) is 58.4. The molecule has 0 unspecified atom stereocenters. The predicted molar refractivity (Wildman–Crippen MR) is 376 cm³/mol. The number of nitrogens with zero attached hydrogens (tertiary/aromatic N) is 6. The summed E-state index contributed by atoms with van der Waals surface area (Å²) in [4.78, 5) is 23.5. The molecule has 0 aromatic heterocycles. The van der Waals surface area contributed by atoms with Gasteiger partial charge in [0.05, 0.1) is 36.7 Å². The molecule has 7 N–H and O–H groups in total. The second-order valence-corrected chi connectivity index (χ2v) is 28.5. The maximum atomic E-state index is 11.6. The van der Waals surface area contributed by atoms with Crippen LogP contribution >= 0.6 is 0 Å². The van der Waals surface area contributed by atoms with Crippen LogP contribution in [-0.2, 0) is 0 Å². The molecule has 0 amide bonds. The van der Waals surface area contributed by atoms with E-state index >= 15 is 0 Å². The number of para-hydroxylation sites is 5. The van der Waals surface area contributed by atoms with E-state index in [0.29, 0.717) is 77.2 Å². The van der Waals surface area contributed by atoms with Gasteiger partial charge < -0.3 is 59.9 Å². The molecule has 1 saturated heterocycles. The highest BCUT2D eigenvalue weighted by Gasteiger charge is 2.40. The van der Waals surface area contributed by atoms with Crippen LogP contribution in [0.4, 0.5) is 0 Å². The molecule has 0 radical (unpaired) electrons. The highest BCUT2D eigenvalue weighted by atomic mass is 16.5. The summed E-state index contributed by atoms with van der Waals surface area (Å²) in [6, 6.07) is 27.5. The number of phenolic OH excluding ortho intramolecular Hbond substituents is 5. The maximum Gasteiger partial charge on any atom is 0.166 e. The molecule has 18 heteroatoms. The van der Waals surface area contributed by atoms with Gasteiger partial charge >= 0.3 is 0 Å². The van der Waals surface area contributed by atoms with Crippen LogP contribution in [0.1, 0.15) is 159 Å². The van der Waals surface area contributed by atoms with Gasteiger partial charge in [0.25, 0.3) is 0 Å². The van der Waals surface area contributed by atoms with Crippen LogP contribution in [0.2, 0.25) is 0 Å². The van der Waals surface area contributed by atoms with Gasteiger partial charge in [0.15, 0.2) is 57.5 Å². The van der Waals surface area contributed by atoms with E-state index in [1.807, 2.05) is 136 Å². The van der Waals surface area contributed by atoms with E-state index in [1.54, 1.807) is 49.1 Å². The summed E-state index contributed by atoms with van der Waals surface area (Å²) in [6.07, 6.45) is 6.45. The molecule has 0 aliphatic carbocycles. The zero-order chi connectivity index (χ0) is 68.0. The molecule has 1 heterocycles. The van der Waals surface area contributed by atoms with Crippen LogP contribution in [0.15, 0.2) is 111 Å². The highest BCUT2D eigenvalue weighted by Crippen LogP contribution is 2.43. The first-order valence-corrected chi connectivity index (χ1v) is 32.6. The summed E-state index contributed by atoms with van der Waals surface area (Å²) in [5, 5.41) is 61.0. The SMILES string of the molecule is CC(C)Oc1cccc(C=NCC(C)(C)CN2CCN(CC(C)(C)CN=Cc3cccc(OC(C)C)c3O)C2c2cccc(OC(C)C)c2O)c1O.CC(C)Oc1cccc(C=NCC(C)(C)CNCCNCC(C)(C)CN=Cc2cccc(OC(C)C)c2O)c1O. The number of hydrogen-bond acceptors (Lipinski definition) is 18. The lowest BCUT2D eigenvalue weighted by Crippen LogP contribution is -2.41. The summed E-state index contributed by atoms with van der Waals surface area (Å²) < 4.78 is 28.8. The fourth-order valence-corrected chi connectivity index (χ4v) is 10.4. The number of nitrogens with one attached hydrogen (secondary N) is 2. The van der Waals surface area contributed by atoms with Crippen LogP contribution in [0.5, 0.6) is 57.5 Å². The number of aromatic hydroxyl groups is 5. The molecule has 0 spiro atoms. The molecular weight excluding hydrogens is 1160 g/mol. The van der Waals surface area contributed by atoms with E-state index in [2.05, 4.69) is 85.8 Å². The Balaban J connectivity index is 0.000000346. The Labute approximate surface area is 549 Å². The van der Waals surface area contributed by atoms with Crippen molar-refractivity contribution in [3.8, 4) is 57.5 Å². The van der Waals surface area contributed by atoms with Gasteiger partial charge in [-0.15, -0.1) is 0 Å². The quantitative estimate of drug-likeness (QED) is 0.0150. The molecule has 6 rings (SSSR count). The third-order valence-corrected chi connectivity index (χ3v) is 14.6. The number of ether oxygens (including phenoxy) is 5. The van der Waals surface area contributed by atoms with Crippen LogP contribution in [0.25, 0.3) is 0 Å². The van der Waals surface area contributed by atoms with Crippen LogP contribution in [-0.4, -0.2) is 169 Å². The van der Waals surface area contributed by atoms with Crippen LogP contribution in [0.3, 0.4) is 0 Å². The standard InChI is InChI=1S/C42H60N4O6.C32H50N4O4/c1-28(2)50-34-17-11-14-31(37(34)47)22-43-24-41(7,8)26-45-20-21-46(40(45)33-16-13-19-36(39(33)49)52-30(5)6)27-42(9,10)25-44-23-32-15-12-18-35(38(32)48)51-29(3)4;1-23(2)39-27-13-9-11-25(29(27)37)17-35-21-31(5,6)19-33-15-16-34-20-32(7,8)22-36-18-26-12-10-14-28(30(26)38)40-24(3)4/h11-19,22-23,28-30,40,47-49H,20-21,24-27H2,1-10H3;9-14,17-18,23-24,33-34,37-38H,15-16,19-22H2,1-8H3. The Kier molecular flexibility index (Phi) is 28.7. The normalized spacial score (nSPS) is 14.8. The lowest BCUT2D eigenvalue weighted by molar-refractivity contribution is 0.0752. The van der Waals surface area contributed by atoms with Gasteiger partial charge in [-0.2, -0.15) is 0 Å². The molecule has 18 nitrogen and oxygen atoms in total. The molecular formula is C74H110N8O10. The first kappa shape index (κ1) is 75.3. The Morgan fingerprint density at radius 2 is 0.641 bits per heavy atom. The molecule has 1 fully saturated rings. The van der Waals surface area contributed by atoms with Gasteiger partial charge in [-0.1, -0.05) is 91.8 Å². The van der Waals surface area contributed by atoms with Gasteiger partial charge in [-0.3, -0.25) is 29.8 Å². The van der Waals surface area contributed by atoms with E-state index in [4.69, 9.17) is 33.7 Å². The minimum Gasteiger partial charge on any atom is -0.504 e. The van der Waals surface area contributed by atoms with E-state index in [-0.39, 0.29) is 87.1 Å². The monoisotopic (exact) mass is 1270 g/mol. The van der Waals surface area contributed by atoms with Crippen molar-refractivity contribution in [2.45, 2.75) is 161 Å². The number of hydrogen-bond donors (Lipinski definition) is 7. The summed E-state index contributed by atoms with van der Waals surface area (Å²) in [6.45, 7) is 45.5. The van der Waals surface area contributed by atoms with Crippen molar-refractivity contribution in [1.82, 2.24) is 20.4 Å². The molecule has 1 aliphatic rings. The van der Waals surface area contributed by atoms with Crippen LogP contribution in [0, 0.1) is 21.7 Å².